The van der Waals surface area contributed by atoms with Gasteiger partial charge in [-0.2, -0.15) is 0 Å². The van der Waals surface area contributed by atoms with E-state index in [0.29, 0.717) is 10.7 Å². The average molecular weight is 496 g/mol. The zero-order valence-electron chi connectivity index (χ0n) is 17.8. The highest BCUT2D eigenvalue weighted by Gasteiger charge is 2.14. The molecule has 7 nitrogen and oxygen atoms in total. The number of carbonyl (C=O) groups is 3. The molecule has 3 aromatic carbocycles. The van der Waals surface area contributed by atoms with E-state index in [1.165, 1.54) is 18.2 Å². The molecule has 172 valence electrons. The number of para-hydroxylation sites is 1. The van der Waals surface area contributed by atoms with E-state index in [4.69, 9.17) is 27.9 Å². The van der Waals surface area contributed by atoms with Crippen molar-refractivity contribution in [1.82, 2.24) is 15.6 Å². The summed E-state index contributed by atoms with van der Waals surface area (Å²) in [6, 6.07) is 19.9. The Morgan fingerprint density at radius 1 is 0.824 bits per heavy atom. The molecule has 0 bridgehead atoms. The Balaban J connectivity index is 1.30. The number of rotatable bonds is 7. The van der Waals surface area contributed by atoms with Crippen molar-refractivity contribution in [3.63, 3.8) is 0 Å². The van der Waals surface area contributed by atoms with Crippen LogP contribution in [0.2, 0.25) is 10.0 Å². The fraction of sp³-hybridized carbons (Fsp3) is 0.120. The molecule has 34 heavy (non-hydrogen) atoms. The van der Waals surface area contributed by atoms with Crippen LogP contribution in [0.25, 0.3) is 21.7 Å². The van der Waals surface area contributed by atoms with E-state index in [9.17, 15) is 14.4 Å². The lowest BCUT2D eigenvalue weighted by Crippen LogP contribution is -2.39. The highest BCUT2D eigenvalue weighted by molar-refractivity contribution is 6.36. The van der Waals surface area contributed by atoms with Crippen molar-refractivity contribution in [2.45, 2.75) is 6.61 Å². The number of halogens is 2. The Labute approximate surface area is 205 Å². The van der Waals surface area contributed by atoms with Gasteiger partial charge in [-0.05, 0) is 29.7 Å². The molecule has 1 heterocycles. The predicted octanol–water partition coefficient (Wildman–Crippen LogP) is 4.28. The van der Waals surface area contributed by atoms with E-state index in [2.05, 4.69) is 15.6 Å². The molecule has 4 rings (SSSR count). The number of carbonyl (C=O) groups excluding carboxylic acids is 3. The maximum atomic E-state index is 12.2. The largest absolute Gasteiger partial charge is 0.458 e. The maximum Gasteiger partial charge on any atom is 0.325 e. The van der Waals surface area contributed by atoms with Crippen molar-refractivity contribution in [3.05, 3.63) is 88.0 Å². The minimum Gasteiger partial charge on any atom is -0.458 e. The molecule has 9 heteroatoms. The Morgan fingerprint density at radius 3 is 2.29 bits per heavy atom. The van der Waals surface area contributed by atoms with Crippen molar-refractivity contribution in [2.24, 2.45) is 0 Å². The minimum atomic E-state index is -0.625. The second kappa shape index (κ2) is 10.5. The monoisotopic (exact) mass is 495 g/mol. The first-order valence-electron chi connectivity index (χ1n) is 10.3. The fourth-order valence-electron chi connectivity index (χ4n) is 3.45. The van der Waals surface area contributed by atoms with Crippen molar-refractivity contribution < 1.29 is 19.1 Å². The van der Waals surface area contributed by atoms with Gasteiger partial charge < -0.3 is 15.4 Å². The Morgan fingerprint density at radius 2 is 1.53 bits per heavy atom. The van der Waals surface area contributed by atoms with Crippen molar-refractivity contribution >= 4 is 62.7 Å². The first-order chi connectivity index (χ1) is 16.4. The quantitative estimate of drug-likeness (QED) is 0.294. The molecule has 0 aliphatic carbocycles. The maximum absolute atomic E-state index is 12.2. The molecule has 0 aliphatic heterocycles. The number of nitrogens with one attached hydrogen (secondary N) is 2. The first kappa shape index (κ1) is 23.5. The summed E-state index contributed by atoms with van der Waals surface area (Å²) in [4.78, 5) is 41.0. The first-order valence-corrected chi connectivity index (χ1v) is 11.1. The molecule has 0 radical (unpaired) electrons. The summed E-state index contributed by atoms with van der Waals surface area (Å²) < 4.78 is 5.32. The van der Waals surface area contributed by atoms with Gasteiger partial charge in [-0.25, -0.2) is 4.98 Å². The standard InChI is InChI=1S/C25H19Cl2N3O4/c26-15-9-10-19(20(27)11-15)25(33)29-12-23(31)28-13-24(32)34-14-22-18-7-2-1-5-16(18)17-6-3-4-8-21(17)30-22/h1-11H,12-14H2,(H,28,31)(H,29,33). The van der Waals surface area contributed by atoms with Gasteiger partial charge in [0.25, 0.3) is 5.91 Å². The van der Waals surface area contributed by atoms with Gasteiger partial charge in [0.05, 0.1) is 28.3 Å². The molecule has 0 saturated heterocycles. The van der Waals surface area contributed by atoms with Crippen molar-refractivity contribution in [3.8, 4) is 0 Å². The van der Waals surface area contributed by atoms with Gasteiger partial charge in [0.1, 0.15) is 13.2 Å². The molecule has 4 aromatic rings. The number of nitrogens with zero attached hydrogens (tertiary/aromatic N) is 1. The van der Waals surface area contributed by atoms with Crippen LogP contribution < -0.4 is 10.6 Å². The van der Waals surface area contributed by atoms with Gasteiger partial charge in [-0.15, -0.1) is 0 Å². The van der Waals surface area contributed by atoms with E-state index in [-0.39, 0.29) is 30.3 Å². The Bertz CT molecular complexity index is 1410. The summed E-state index contributed by atoms with van der Waals surface area (Å²) in [6.07, 6.45) is 0. The van der Waals surface area contributed by atoms with Crippen LogP contribution in [0, 0.1) is 0 Å². The molecule has 2 N–H and O–H groups in total. The number of ether oxygens (including phenoxy) is 1. The molecule has 2 amide bonds. The molecule has 0 saturated carbocycles. The summed E-state index contributed by atoms with van der Waals surface area (Å²) in [5, 5.41) is 8.34. The molecule has 0 fully saturated rings. The van der Waals surface area contributed by atoms with Gasteiger partial charge in [0.15, 0.2) is 0 Å². The summed E-state index contributed by atoms with van der Waals surface area (Å²) >= 11 is 11.8. The van der Waals surface area contributed by atoms with E-state index in [1.807, 2.05) is 48.5 Å². The van der Waals surface area contributed by atoms with Gasteiger partial charge in [0, 0.05) is 15.8 Å². The smallest absolute Gasteiger partial charge is 0.325 e. The van der Waals surface area contributed by atoms with Crippen LogP contribution in [0.5, 0.6) is 0 Å². The lowest BCUT2D eigenvalue weighted by Gasteiger charge is -2.11. The van der Waals surface area contributed by atoms with E-state index in [1.54, 1.807) is 0 Å². The van der Waals surface area contributed by atoms with Crippen molar-refractivity contribution in [1.29, 1.82) is 0 Å². The van der Waals surface area contributed by atoms with E-state index < -0.39 is 17.8 Å². The number of aromatic nitrogens is 1. The zero-order valence-corrected chi connectivity index (χ0v) is 19.3. The molecule has 1 aromatic heterocycles. The third-order valence-electron chi connectivity index (χ3n) is 5.07. The van der Waals surface area contributed by atoms with Gasteiger partial charge in [0.2, 0.25) is 5.91 Å². The van der Waals surface area contributed by atoms with Crippen LogP contribution in [0.15, 0.2) is 66.7 Å². The second-order valence-corrected chi connectivity index (χ2v) is 8.21. The third kappa shape index (κ3) is 5.44. The lowest BCUT2D eigenvalue weighted by atomic mass is 10.0. The SMILES string of the molecule is O=C(CNC(=O)c1ccc(Cl)cc1Cl)NCC(=O)OCc1nc2ccccc2c2ccccc12. The van der Waals surface area contributed by atoms with Crippen molar-refractivity contribution in [2.75, 3.05) is 13.1 Å². The average Bonchev–Trinajstić information content (AvgIpc) is 2.84. The summed E-state index contributed by atoms with van der Waals surface area (Å²) in [7, 11) is 0. The summed E-state index contributed by atoms with van der Waals surface area (Å²) in [5.74, 6) is -1.71. The number of fused-ring (bicyclic) bond motifs is 3. The van der Waals surface area contributed by atoms with Crippen LogP contribution in [-0.2, 0) is 20.9 Å². The van der Waals surface area contributed by atoms with Gasteiger partial charge in [-0.3, -0.25) is 14.4 Å². The highest BCUT2D eigenvalue weighted by Crippen LogP contribution is 2.26. The normalized spacial score (nSPS) is 10.8. The van der Waals surface area contributed by atoms with E-state index in [0.717, 1.165) is 21.7 Å². The number of esters is 1. The summed E-state index contributed by atoms with van der Waals surface area (Å²) in [5.41, 5.74) is 1.62. The molecule has 0 spiro atoms. The predicted molar refractivity (Wildman–Crippen MR) is 131 cm³/mol. The molecule has 0 atom stereocenters. The number of pyridine rings is 1. The third-order valence-corrected chi connectivity index (χ3v) is 5.62. The molecular formula is C25H19Cl2N3O4. The topological polar surface area (TPSA) is 97.4 Å². The van der Waals surface area contributed by atoms with Gasteiger partial charge in [-0.1, -0.05) is 65.7 Å². The molecular weight excluding hydrogens is 477 g/mol. The number of hydrogen-bond acceptors (Lipinski definition) is 5. The van der Waals surface area contributed by atoms with Crippen LogP contribution in [0.3, 0.4) is 0 Å². The molecule has 0 aliphatic rings. The number of amides is 2. The summed E-state index contributed by atoms with van der Waals surface area (Å²) in [6.45, 7) is -0.713. The number of hydrogen-bond donors (Lipinski definition) is 2. The lowest BCUT2D eigenvalue weighted by molar-refractivity contribution is -0.145. The zero-order chi connectivity index (χ0) is 24.1. The fourth-order valence-corrected chi connectivity index (χ4v) is 3.94. The Kier molecular flexibility index (Phi) is 7.25. The van der Waals surface area contributed by atoms with Crippen LogP contribution in [0.4, 0.5) is 0 Å². The van der Waals surface area contributed by atoms with E-state index >= 15 is 0 Å². The molecule has 0 unspecified atom stereocenters. The van der Waals surface area contributed by atoms with Crippen LogP contribution in [0.1, 0.15) is 16.1 Å². The number of benzene rings is 3. The van der Waals surface area contributed by atoms with Gasteiger partial charge >= 0.3 is 5.97 Å². The van der Waals surface area contributed by atoms with Crippen LogP contribution >= 0.6 is 23.2 Å². The minimum absolute atomic E-state index is 0.0359. The highest BCUT2D eigenvalue weighted by atomic mass is 35.5. The second-order valence-electron chi connectivity index (χ2n) is 7.37. The Hall–Kier alpha value is -3.68. The van der Waals surface area contributed by atoms with Crippen LogP contribution in [-0.4, -0.2) is 35.9 Å².